The molecule has 0 radical (unpaired) electrons. The van der Waals surface area contributed by atoms with E-state index in [-0.39, 0.29) is 11.8 Å². The predicted octanol–water partition coefficient (Wildman–Crippen LogP) is 1.42. The molecular formula is C13H11N3O2. The Morgan fingerprint density at radius 2 is 2.22 bits per heavy atom. The Morgan fingerprint density at radius 1 is 1.44 bits per heavy atom. The van der Waals surface area contributed by atoms with Gasteiger partial charge in [0, 0.05) is 11.4 Å². The van der Waals surface area contributed by atoms with E-state index >= 15 is 0 Å². The van der Waals surface area contributed by atoms with Crippen LogP contribution in [0.5, 0.6) is 0 Å². The average Bonchev–Trinajstić information content (AvgIpc) is 3.06. The maximum atomic E-state index is 11.9. The molecule has 1 aliphatic carbocycles. The van der Waals surface area contributed by atoms with E-state index in [2.05, 4.69) is 16.7 Å². The van der Waals surface area contributed by atoms with Crippen molar-refractivity contribution in [3.8, 4) is 6.07 Å². The number of nitriles is 1. The molecule has 2 aliphatic rings. The van der Waals surface area contributed by atoms with E-state index in [1.54, 1.807) is 18.2 Å². The van der Waals surface area contributed by atoms with Crippen LogP contribution in [0.15, 0.2) is 18.2 Å². The SMILES string of the molecule is N#CC1(C(=O)Nc2ccc3c(c2)CC(=O)N3)CC1. The summed E-state index contributed by atoms with van der Waals surface area (Å²) < 4.78 is 0. The van der Waals surface area contributed by atoms with Crippen LogP contribution in [0, 0.1) is 16.7 Å². The van der Waals surface area contributed by atoms with Gasteiger partial charge in [0.05, 0.1) is 12.5 Å². The zero-order valence-corrected chi connectivity index (χ0v) is 9.62. The van der Waals surface area contributed by atoms with E-state index in [0.717, 1.165) is 11.3 Å². The Morgan fingerprint density at radius 3 is 2.89 bits per heavy atom. The molecule has 5 nitrogen and oxygen atoms in total. The lowest BCUT2D eigenvalue weighted by molar-refractivity contribution is -0.119. The van der Waals surface area contributed by atoms with Gasteiger partial charge < -0.3 is 10.6 Å². The van der Waals surface area contributed by atoms with Crippen LogP contribution in [0.3, 0.4) is 0 Å². The minimum absolute atomic E-state index is 0.0378. The fourth-order valence-corrected chi connectivity index (χ4v) is 2.07. The molecule has 0 saturated heterocycles. The van der Waals surface area contributed by atoms with Crippen LogP contribution in [0.1, 0.15) is 18.4 Å². The van der Waals surface area contributed by atoms with Crippen LogP contribution < -0.4 is 10.6 Å². The third-order valence-electron chi connectivity index (χ3n) is 3.39. The van der Waals surface area contributed by atoms with Gasteiger partial charge in [-0.05, 0) is 36.6 Å². The second-order valence-corrected chi connectivity index (χ2v) is 4.74. The molecule has 2 amide bonds. The van der Waals surface area contributed by atoms with E-state index in [1.807, 2.05) is 0 Å². The third-order valence-corrected chi connectivity index (χ3v) is 3.39. The highest BCUT2D eigenvalue weighted by molar-refractivity contribution is 6.02. The first-order valence-electron chi connectivity index (χ1n) is 5.78. The van der Waals surface area contributed by atoms with Crippen molar-refractivity contribution in [3.05, 3.63) is 23.8 Å². The molecule has 1 fully saturated rings. The van der Waals surface area contributed by atoms with E-state index in [1.165, 1.54) is 0 Å². The molecule has 1 aromatic carbocycles. The first-order chi connectivity index (χ1) is 8.63. The number of nitrogens with one attached hydrogen (secondary N) is 2. The fourth-order valence-electron chi connectivity index (χ4n) is 2.07. The smallest absolute Gasteiger partial charge is 0.244 e. The summed E-state index contributed by atoms with van der Waals surface area (Å²) in [6.45, 7) is 0. The van der Waals surface area contributed by atoms with Crippen LogP contribution in [-0.2, 0) is 16.0 Å². The molecule has 90 valence electrons. The van der Waals surface area contributed by atoms with Crippen LogP contribution in [0.2, 0.25) is 0 Å². The Bertz CT molecular complexity index is 597. The van der Waals surface area contributed by atoms with Gasteiger partial charge in [0.1, 0.15) is 5.41 Å². The van der Waals surface area contributed by atoms with Gasteiger partial charge in [0.15, 0.2) is 0 Å². The number of hydrogen-bond acceptors (Lipinski definition) is 3. The van der Waals surface area contributed by atoms with E-state index in [9.17, 15) is 9.59 Å². The summed E-state index contributed by atoms with van der Waals surface area (Å²) in [5, 5.41) is 14.4. The van der Waals surface area contributed by atoms with Gasteiger partial charge in [0.2, 0.25) is 11.8 Å². The molecule has 3 rings (SSSR count). The summed E-state index contributed by atoms with van der Waals surface area (Å²) in [5.41, 5.74) is 1.48. The Labute approximate surface area is 104 Å². The molecular weight excluding hydrogens is 230 g/mol. The van der Waals surface area contributed by atoms with Crippen LogP contribution in [0.25, 0.3) is 0 Å². The molecule has 0 bridgehead atoms. The number of amides is 2. The van der Waals surface area contributed by atoms with Gasteiger partial charge >= 0.3 is 0 Å². The molecule has 0 unspecified atom stereocenters. The second kappa shape index (κ2) is 3.57. The number of carbonyl (C=O) groups is 2. The van der Waals surface area contributed by atoms with Gasteiger partial charge in [-0.1, -0.05) is 0 Å². The number of benzene rings is 1. The fraction of sp³-hybridized carbons (Fsp3) is 0.308. The van der Waals surface area contributed by atoms with Gasteiger partial charge in [-0.15, -0.1) is 0 Å². The highest BCUT2D eigenvalue weighted by atomic mass is 16.2. The van der Waals surface area contributed by atoms with Crippen LogP contribution in [0.4, 0.5) is 11.4 Å². The predicted molar refractivity (Wildman–Crippen MR) is 64.7 cm³/mol. The second-order valence-electron chi connectivity index (χ2n) is 4.74. The highest BCUT2D eigenvalue weighted by Gasteiger charge is 2.50. The van der Waals surface area contributed by atoms with Crippen LogP contribution in [-0.4, -0.2) is 11.8 Å². The summed E-state index contributed by atoms with van der Waals surface area (Å²) >= 11 is 0. The molecule has 0 aromatic heterocycles. The largest absolute Gasteiger partial charge is 0.326 e. The summed E-state index contributed by atoms with van der Waals surface area (Å²) in [7, 11) is 0. The lowest BCUT2D eigenvalue weighted by atomic mass is 10.1. The molecule has 1 aliphatic heterocycles. The summed E-state index contributed by atoms with van der Waals surface area (Å²) in [4.78, 5) is 23.1. The molecule has 0 spiro atoms. The Hall–Kier alpha value is -2.35. The Kier molecular flexibility index (Phi) is 2.14. The molecule has 0 atom stereocenters. The molecule has 1 saturated carbocycles. The Balaban J connectivity index is 1.79. The lowest BCUT2D eigenvalue weighted by Gasteiger charge is -2.09. The van der Waals surface area contributed by atoms with Crippen molar-refractivity contribution in [2.24, 2.45) is 5.41 Å². The van der Waals surface area contributed by atoms with Gasteiger partial charge in [-0.25, -0.2) is 0 Å². The number of nitrogens with zero attached hydrogens (tertiary/aromatic N) is 1. The van der Waals surface area contributed by atoms with Gasteiger partial charge in [0.25, 0.3) is 0 Å². The standard InChI is InChI=1S/C13H11N3O2/c14-7-13(3-4-13)12(18)15-9-1-2-10-8(5-9)6-11(17)16-10/h1-2,5H,3-4,6H2,(H,15,18)(H,16,17). The zero-order chi connectivity index (χ0) is 12.8. The topological polar surface area (TPSA) is 82.0 Å². The maximum Gasteiger partial charge on any atom is 0.244 e. The summed E-state index contributed by atoms with van der Waals surface area (Å²) in [6.07, 6.45) is 1.59. The number of hydrogen-bond donors (Lipinski definition) is 2. The quantitative estimate of drug-likeness (QED) is 0.821. The van der Waals surface area contributed by atoms with Crippen molar-refractivity contribution in [1.82, 2.24) is 0 Å². The highest BCUT2D eigenvalue weighted by Crippen LogP contribution is 2.45. The van der Waals surface area contributed by atoms with Crippen molar-refractivity contribution >= 4 is 23.2 Å². The van der Waals surface area contributed by atoms with Crippen molar-refractivity contribution in [2.75, 3.05) is 10.6 Å². The molecule has 5 heteroatoms. The lowest BCUT2D eigenvalue weighted by Crippen LogP contribution is -2.22. The summed E-state index contributed by atoms with van der Waals surface area (Å²) in [6, 6.07) is 7.33. The zero-order valence-electron chi connectivity index (χ0n) is 9.62. The van der Waals surface area contributed by atoms with Crippen molar-refractivity contribution < 1.29 is 9.59 Å². The molecule has 1 heterocycles. The first-order valence-corrected chi connectivity index (χ1v) is 5.78. The number of anilines is 2. The van der Waals surface area contributed by atoms with Crippen LogP contribution >= 0.6 is 0 Å². The number of carbonyl (C=O) groups excluding carboxylic acids is 2. The van der Waals surface area contributed by atoms with E-state index in [4.69, 9.17) is 5.26 Å². The minimum Gasteiger partial charge on any atom is -0.326 e. The van der Waals surface area contributed by atoms with E-state index in [0.29, 0.717) is 24.9 Å². The monoisotopic (exact) mass is 241 g/mol. The molecule has 1 aromatic rings. The summed E-state index contributed by atoms with van der Waals surface area (Å²) in [5.74, 6) is -0.286. The number of fused-ring (bicyclic) bond motifs is 1. The van der Waals surface area contributed by atoms with Crippen molar-refractivity contribution in [2.45, 2.75) is 19.3 Å². The normalized spacial score (nSPS) is 18.5. The molecule has 18 heavy (non-hydrogen) atoms. The van der Waals surface area contributed by atoms with Crippen molar-refractivity contribution in [1.29, 1.82) is 5.26 Å². The number of rotatable bonds is 2. The van der Waals surface area contributed by atoms with Crippen molar-refractivity contribution in [3.63, 3.8) is 0 Å². The van der Waals surface area contributed by atoms with E-state index < -0.39 is 5.41 Å². The first kappa shape index (κ1) is 10.8. The average molecular weight is 241 g/mol. The van der Waals surface area contributed by atoms with Gasteiger partial charge in [-0.3, -0.25) is 9.59 Å². The molecule has 2 N–H and O–H groups in total. The maximum absolute atomic E-state index is 11.9. The minimum atomic E-state index is -0.826. The van der Waals surface area contributed by atoms with Gasteiger partial charge in [-0.2, -0.15) is 5.26 Å². The third kappa shape index (κ3) is 1.63.